The van der Waals surface area contributed by atoms with Gasteiger partial charge in [-0.2, -0.15) is 0 Å². The Bertz CT molecular complexity index is 258. The van der Waals surface area contributed by atoms with Gasteiger partial charge in [0.05, 0.1) is 0 Å². The predicted molar refractivity (Wildman–Crippen MR) is 45.5 cm³/mol. The number of hydrogen-bond donors (Lipinski definition) is 2. The molecule has 64 valence electrons. The van der Waals surface area contributed by atoms with E-state index in [0.29, 0.717) is 5.56 Å². The minimum absolute atomic E-state index is 0.388. The van der Waals surface area contributed by atoms with Crippen molar-refractivity contribution in [2.24, 2.45) is 0 Å². The van der Waals surface area contributed by atoms with E-state index in [0.717, 1.165) is 0 Å². The highest BCUT2D eigenvalue weighted by atomic mass is 16.3. The zero-order valence-corrected chi connectivity index (χ0v) is 6.82. The standard InChI is InChI=1S/C9H11NO2/c1-10-9(12)8(11)7-5-3-2-4-6-7/h2-6,8,11H,1H3,(H,10,12)/t8-/m0/s1. The zero-order chi connectivity index (χ0) is 8.97. The van der Waals surface area contributed by atoms with Crippen LogP contribution < -0.4 is 5.32 Å². The molecule has 1 atom stereocenters. The number of carbonyl (C=O) groups excluding carboxylic acids is 1. The number of aliphatic hydroxyl groups is 1. The molecule has 0 unspecified atom stereocenters. The molecule has 0 saturated carbocycles. The Labute approximate surface area is 71.0 Å². The Hall–Kier alpha value is -1.35. The molecule has 0 aliphatic heterocycles. The van der Waals surface area contributed by atoms with Crippen LogP contribution in [0.25, 0.3) is 0 Å². The van der Waals surface area contributed by atoms with Gasteiger partial charge in [0.1, 0.15) is 0 Å². The van der Waals surface area contributed by atoms with Crippen LogP contribution >= 0.6 is 0 Å². The third-order valence-electron chi connectivity index (χ3n) is 1.61. The largest absolute Gasteiger partial charge is 0.378 e. The van der Waals surface area contributed by atoms with Crippen LogP contribution in [-0.2, 0) is 4.79 Å². The van der Waals surface area contributed by atoms with Crippen molar-refractivity contribution >= 4 is 5.91 Å². The van der Waals surface area contributed by atoms with E-state index in [1.54, 1.807) is 24.3 Å². The molecule has 0 bridgehead atoms. The second-order valence-electron chi connectivity index (χ2n) is 2.43. The van der Waals surface area contributed by atoms with Crippen LogP contribution in [-0.4, -0.2) is 18.1 Å². The van der Waals surface area contributed by atoms with E-state index in [4.69, 9.17) is 0 Å². The van der Waals surface area contributed by atoms with E-state index in [2.05, 4.69) is 5.32 Å². The van der Waals surface area contributed by atoms with Gasteiger partial charge in [-0.15, -0.1) is 0 Å². The third kappa shape index (κ3) is 1.83. The fourth-order valence-electron chi connectivity index (χ4n) is 0.923. The molecule has 0 spiro atoms. The first kappa shape index (κ1) is 8.74. The summed E-state index contributed by atoms with van der Waals surface area (Å²) in [4.78, 5) is 11.0. The minimum Gasteiger partial charge on any atom is -0.378 e. The maximum absolute atomic E-state index is 11.0. The molecule has 1 rings (SSSR count). The molecule has 12 heavy (non-hydrogen) atoms. The SMILES string of the molecule is CNC(=O)[C@@H](O)c1ccccc1. The van der Waals surface area contributed by atoms with Gasteiger partial charge in [0, 0.05) is 7.05 Å². The van der Waals surface area contributed by atoms with Gasteiger partial charge < -0.3 is 10.4 Å². The fraction of sp³-hybridized carbons (Fsp3) is 0.222. The van der Waals surface area contributed by atoms with Crippen LogP contribution in [0.5, 0.6) is 0 Å². The second kappa shape index (κ2) is 3.88. The molecule has 3 nitrogen and oxygen atoms in total. The predicted octanol–water partition coefficient (Wildman–Crippen LogP) is 0.466. The lowest BCUT2D eigenvalue weighted by Gasteiger charge is -2.07. The first-order chi connectivity index (χ1) is 5.75. The average molecular weight is 165 g/mol. The molecular weight excluding hydrogens is 154 g/mol. The summed E-state index contributed by atoms with van der Waals surface area (Å²) < 4.78 is 0. The Morgan fingerprint density at radius 2 is 2.00 bits per heavy atom. The lowest BCUT2D eigenvalue weighted by atomic mass is 10.1. The number of likely N-dealkylation sites (N-methyl/N-ethyl adjacent to an activating group) is 1. The Kier molecular flexibility index (Phi) is 2.82. The zero-order valence-electron chi connectivity index (χ0n) is 6.82. The Morgan fingerprint density at radius 1 is 1.42 bits per heavy atom. The maximum Gasteiger partial charge on any atom is 0.253 e. The number of hydrogen-bond acceptors (Lipinski definition) is 2. The van der Waals surface area contributed by atoms with E-state index >= 15 is 0 Å². The van der Waals surface area contributed by atoms with Gasteiger partial charge in [-0.25, -0.2) is 0 Å². The highest BCUT2D eigenvalue weighted by Crippen LogP contribution is 2.10. The van der Waals surface area contributed by atoms with Gasteiger partial charge in [-0.05, 0) is 5.56 Å². The van der Waals surface area contributed by atoms with Gasteiger partial charge >= 0.3 is 0 Å². The molecule has 0 radical (unpaired) electrons. The fourth-order valence-corrected chi connectivity index (χ4v) is 0.923. The molecule has 1 aromatic carbocycles. The van der Waals surface area contributed by atoms with Crippen LogP contribution in [0.15, 0.2) is 30.3 Å². The van der Waals surface area contributed by atoms with Crippen molar-refractivity contribution in [3.63, 3.8) is 0 Å². The Balaban J connectivity index is 2.78. The second-order valence-corrected chi connectivity index (χ2v) is 2.43. The summed E-state index contributed by atoms with van der Waals surface area (Å²) >= 11 is 0. The van der Waals surface area contributed by atoms with Crippen LogP contribution in [0.1, 0.15) is 11.7 Å². The first-order valence-corrected chi connectivity index (χ1v) is 3.70. The summed E-state index contributed by atoms with van der Waals surface area (Å²) in [5.74, 6) is -0.388. The highest BCUT2D eigenvalue weighted by Gasteiger charge is 2.14. The molecule has 2 N–H and O–H groups in total. The van der Waals surface area contributed by atoms with Gasteiger partial charge in [-0.1, -0.05) is 30.3 Å². The number of rotatable bonds is 2. The van der Waals surface area contributed by atoms with Crippen molar-refractivity contribution < 1.29 is 9.90 Å². The normalized spacial score (nSPS) is 12.2. The third-order valence-corrected chi connectivity index (χ3v) is 1.61. The molecule has 0 aromatic heterocycles. The summed E-state index contributed by atoms with van der Waals surface area (Å²) in [7, 11) is 1.49. The number of amides is 1. The van der Waals surface area contributed by atoms with Crippen molar-refractivity contribution in [1.29, 1.82) is 0 Å². The molecule has 0 aliphatic rings. The number of nitrogens with one attached hydrogen (secondary N) is 1. The number of aliphatic hydroxyl groups excluding tert-OH is 1. The minimum atomic E-state index is -1.06. The van der Waals surface area contributed by atoms with E-state index in [1.165, 1.54) is 7.05 Å². The maximum atomic E-state index is 11.0. The molecule has 1 amide bonds. The van der Waals surface area contributed by atoms with Crippen LogP contribution in [0.2, 0.25) is 0 Å². The summed E-state index contributed by atoms with van der Waals surface area (Å²) in [5, 5.41) is 11.8. The summed E-state index contributed by atoms with van der Waals surface area (Å²) in [6.07, 6.45) is -1.06. The van der Waals surface area contributed by atoms with Crippen LogP contribution in [0, 0.1) is 0 Å². The van der Waals surface area contributed by atoms with Crippen molar-refractivity contribution in [3.8, 4) is 0 Å². The van der Waals surface area contributed by atoms with Gasteiger partial charge in [0.25, 0.3) is 5.91 Å². The molecule has 0 fully saturated rings. The van der Waals surface area contributed by atoms with Crippen molar-refractivity contribution in [2.45, 2.75) is 6.10 Å². The summed E-state index contributed by atoms with van der Waals surface area (Å²) in [6.45, 7) is 0. The van der Waals surface area contributed by atoms with Crippen molar-refractivity contribution in [2.75, 3.05) is 7.05 Å². The lowest BCUT2D eigenvalue weighted by Crippen LogP contribution is -2.25. The molecule has 0 saturated heterocycles. The van der Waals surface area contributed by atoms with Gasteiger partial charge in [0.15, 0.2) is 6.10 Å². The lowest BCUT2D eigenvalue weighted by molar-refractivity contribution is -0.129. The highest BCUT2D eigenvalue weighted by molar-refractivity contribution is 5.81. The monoisotopic (exact) mass is 165 g/mol. The van der Waals surface area contributed by atoms with Crippen LogP contribution in [0.4, 0.5) is 0 Å². The first-order valence-electron chi connectivity index (χ1n) is 3.70. The number of carbonyl (C=O) groups is 1. The van der Waals surface area contributed by atoms with E-state index in [-0.39, 0.29) is 5.91 Å². The quantitative estimate of drug-likeness (QED) is 0.669. The average Bonchev–Trinajstić information content (AvgIpc) is 2.17. The topological polar surface area (TPSA) is 49.3 Å². The molecule has 1 aromatic rings. The Morgan fingerprint density at radius 3 is 2.50 bits per heavy atom. The smallest absolute Gasteiger partial charge is 0.253 e. The molecule has 0 heterocycles. The molecule has 0 aliphatic carbocycles. The van der Waals surface area contributed by atoms with E-state index in [1.807, 2.05) is 6.07 Å². The summed E-state index contributed by atoms with van der Waals surface area (Å²) in [6, 6.07) is 8.81. The van der Waals surface area contributed by atoms with Gasteiger partial charge in [-0.3, -0.25) is 4.79 Å². The van der Waals surface area contributed by atoms with E-state index in [9.17, 15) is 9.90 Å². The number of benzene rings is 1. The van der Waals surface area contributed by atoms with Crippen molar-refractivity contribution in [1.82, 2.24) is 5.32 Å². The summed E-state index contributed by atoms with van der Waals surface area (Å²) in [5.41, 5.74) is 0.608. The molecular formula is C9H11NO2. The van der Waals surface area contributed by atoms with Crippen LogP contribution in [0.3, 0.4) is 0 Å². The van der Waals surface area contributed by atoms with E-state index < -0.39 is 6.10 Å². The van der Waals surface area contributed by atoms with Crippen molar-refractivity contribution in [3.05, 3.63) is 35.9 Å². The molecule has 3 heteroatoms. The van der Waals surface area contributed by atoms with Gasteiger partial charge in [0.2, 0.25) is 0 Å².